The molecule has 0 spiro atoms. The molecule has 0 radical (unpaired) electrons. The Hall–Kier alpha value is -1.13. The van der Waals surface area contributed by atoms with E-state index < -0.39 is 0 Å². The van der Waals surface area contributed by atoms with Gasteiger partial charge in [0.25, 0.3) is 0 Å². The van der Waals surface area contributed by atoms with Crippen molar-refractivity contribution in [2.75, 3.05) is 31.1 Å². The molecule has 2 N–H and O–H groups in total. The number of anilines is 1. The highest BCUT2D eigenvalue weighted by Crippen LogP contribution is 2.23. The maximum absolute atomic E-state index is 5.95. The Balaban J connectivity index is 2.06. The second kappa shape index (κ2) is 6.35. The fourth-order valence-corrected chi connectivity index (χ4v) is 2.88. The highest BCUT2D eigenvalue weighted by Gasteiger charge is 2.26. The van der Waals surface area contributed by atoms with Gasteiger partial charge in [-0.2, -0.15) is 0 Å². The average Bonchev–Trinajstić information content (AvgIpc) is 2.90. The van der Waals surface area contributed by atoms with Gasteiger partial charge in [0.05, 0.1) is 0 Å². The van der Waals surface area contributed by atoms with Crippen LogP contribution in [0.2, 0.25) is 0 Å². The Morgan fingerprint density at radius 3 is 2.84 bits per heavy atom. The molecule has 0 aliphatic carbocycles. The molecule has 1 fully saturated rings. The summed E-state index contributed by atoms with van der Waals surface area (Å²) in [7, 11) is 0. The van der Waals surface area contributed by atoms with Crippen molar-refractivity contribution in [1.82, 2.24) is 9.88 Å². The van der Waals surface area contributed by atoms with Crippen molar-refractivity contribution >= 4 is 5.82 Å². The Morgan fingerprint density at radius 1 is 1.47 bits per heavy atom. The number of pyridine rings is 1. The first kappa shape index (κ1) is 14.3. The third-order valence-corrected chi connectivity index (χ3v) is 4.11. The predicted molar refractivity (Wildman–Crippen MR) is 80.4 cm³/mol. The number of hydrogen-bond donors (Lipinski definition) is 1. The molecule has 106 valence electrons. The summed E-state index contributed by atoms with van der Waals surface area (Å²) in [6.07, 6.45) is 3.10. The molecular formula is C15H26N4. The highest BCUT2D eigenvalue weighted by molar-refractivity contribution is 5.43. The molecule has 1 aliphatic heterocycles. The number of rotatable bonds is 5. The van der Waals surface area contributed by atoms with Gasteiger partial charge in [-0.1, -0.05) is 13.8 Å². The summed E-state index contributed by atoms with van der Waals surface area (Å²) in [4.78, 5) is 9.42. The van der Waals surface area contributed by atoms with Crippen molar-refractivity contribution in [1.29, 1.82) is 0 Å². The van der Waals surface area contributed by atoms with Crippen LogP contribution < -0.4 is 10.6 Å². The molecule has 1 unspecified atom stereocenters. The van der Waals surface area contributed by atoms with E-state index in [1.807, 2.05) is 19.2 Å². The lowest BCUT2D eigenvalue weighted by Gasteiger charge is -2.26. The van der Waals surface area contributed by atoms with E-state index in [1.54, 1.807) is 0 Å². The van der Waals surface area contributed by atoms with Crippen LogP contribution in [0.3, 0.4) is 0 Å². The van der Waals surface area contributed by atoms with Crippen LogP contribution >= 0.6 is 0 Å². The maximum atomic E-state index is 5.95. The largest absolute Gasteiger partial charge is 0.355 e. The number of nitrogens with two attached hydrogens (primary N) is 1. The predicted octanol–water partition coefficient (Wildman–Crippen LogP) is 2.02. The van der Waals surface area contributed by atoms with Gasteiger partial charge in [-0.3, -0.25) is 4.90 Å². The molecule has 1 aromatic rings. The first-order valence-electron chi connectivity index (χ1n) is 7.36. The Morgan fingerprint density at radius 2 is 2.21 bits per heavy atom. The van der Waals surface area contributed by atoms with Crippen LogP contribution in [0.5, 0.6) is 0 Å². The van der Waals surface area contributed by atoms with Gasteiger partial charge in [0, 0.05) is 31.4 Å². The zero-order valence-corrected chi connectivity index (χ0v) is 12.3. The molecule has 0 saturated carbocycles. The van der Waals surface area contributed by atoms with Crippen LogP contribution in [-0.2, 0) is 0 Å². The van der Waals surface area contributed by atoms with Crippen LogP contribution in [0.25, 0.3) is 0 Å². The molecule has 2 rings (SSSR count). The minimum Gasteiger partial charge on any atom is -0.355 e. The molecule has 0 aromatic carbocycles. The third kappa shape index (κ3) is 3.25. The number of aromatic nitrogens is 1. The molecule has 0 bridgehead atoms. The number of likely N-dealkylation sites (N-methyl/N-ethyl adjacent to an activating group) is 1. The monoisotopic (exact) mass is 262 g/mol. The summed E-state index contributed by atoms with van der Waals surface area (Å²) in [5, 5.41) is 0. The van der Waals surface area contributed by atoms with E-state index in [2.05, 4.69) is 34.7 Å². The van der Waals surface area contributed by atoms with Gasteiger partial charge in [-0.15, -0.1) is 0 Å². The van der Waals surface area contributed by atoms with E-state index in [1.165, 1.54) is 6.42 Å². The van der Waals surface area contributed by atoms with Gasteiger partial charge in [0.1, 0.15) is 5.82 Å². The third-order valence-electron chi connectivity index (χ3n) is 4.11. The molecule has 4 nitrogen and oxygen atoms in total. The van der Waals surface area contributed by atoms with Crippen molar-refractivity contribution in [3.8, 4) is 0 Å². The molecule has 2 heterocycles. The number of hydrogen-bond acceptors (Lipinski definition) is 4. The first-order valence-corrected chi connectivity index (χ1v) is 7.36. The topological polar surface area (TPSA) is 45.4 Å². The van der Waals surface area contributed by atoms with Gasteiger partial charge in [0.2, 0.25) is 0 Å². The van der Waals surface area contributed by atoms with Gasteiger partial charge in [-0.05, 0) is 44.1 Å². The van der Waals surface area contributed by atoms with E-state index in [0.717, 1.165) is 37.6 Å². The summed E-state index contributed by atoms with van der Waals surface area (Å²) in [6, 6.07) is 4.88. The lowest BCUT2D eigenvalue weighted by atomic mass is 10.1. The van der Waals surface area contributed by atoms with Crippen LogP contribution in [0, 0.1) is 0 Å². The van der Waals surface area contributed by atoms with Crippen LogP contribution in [0.4, 0.5) is 5.82 Å². The average molecular weight is 262 g/mol. The molecule has 1 aromatic heterocycles. The molecular weight excluding hydrogens is 236 g/mol. The molecule has 1 aliphatic rings. The van der Waals surface area contributed by atoms with E-state index in [-0.39, 0.29) is 6.04 Å². The lowest BCUT2D eigenvalue weighted by molar-refractivity contribution is 0.232. The van der Waals surface area contributed by atoms with E-state index in [9.17, 15) is 0 Å². The maximum Gasteiger partial charge on any atom is 0.128 e. The number of nitrogens with zero attached hydrogens (tertiary/aromatic N) is 3. The Labute approximate surface area is 116 Å². The summed E-state index contributed by atoms with van der Waals surface area (Å²) in [5.41, 5.74) is 7.11. The van der Waals surface area contributed by atoms with Crippen molar-refractivity contribution < 1.29 is 0 Å². The lowest BCUT2D eigenvalue weighted by Crippen LogP contribution is -2.37. The normalized spacial score (nSPS) is 21.1. The van der Waals surface area contributed by atoms with Gasteiger partial charge >= 0.3 is 0 Å². The first-order chi connectivity index (χ1) is 9.15. The van der Waals surface area contributed by atoms with Crippen LogP contribution in [0.1, 0.15) is 38.8 Å². The van der Waals surface area contributed by atoms with Gasteiger partial charge in [-0.25, -0.2) is 4.98 Å². The van der Waals surface area contributed by atoms with E-state index in [0.29, 0.717) is 6.04 Å². The second-order valence-corrected chi connectivity index (χ2v) is 5.35. The fourth-order valence-electron chi connectivity index (χ4n) is 2.88. The zero-order valence-electron chi connectivity index (χ0n) is 12.3. The van der Waals surface area contributed by atoms with Crippen molar-refractivity contribution in [2.45, 2.75) is 39.3 Å². The summed E-state index contributed by atoms with van der Waals surface area (Å²) < 4.78 is 0. The van der Waals surface area contributed by atoms with Gasteiger partial charge in [0.15, 0.2) is 0 Å². The van der Waals surface area contributed by atoms with E-state index >= 15 is 0 Å². The quantitative estimate of drug-likeness (QED) is 0.882. The van der Waals surface area contributed by atoms with Gasteiger partial charge < -0.3 is 10.6 Å². The van der Waals surface area contributed by atoms with Crippen molar-refractivity contribution in [2.24, 2.45) is 5.73 Å². The van der Waals surface area contributed by atoms with Crippen LogP contribution in [0.15, 0.2) is 18.3 Å². The minimum atomic E-state index is 0.0722. The second-order valence-electron chi connectivity index (χ2n) is 5.35. The molecule has 2 atom stereocenters. The summed E-state index contributed by atoms with van der Waals surface area (Å²) in [6.45, 7) is 10.9. The molecule has 4 heteroatoms. The van der Waals surface area contributed by atoms with Crippen molar-refractivity contribution in [3.63, 3.8) is 0 Å². The minimum absolute atomic E-state index is 0.0722. The molecule has 0 amide bonds. The fraction of sp³-hybridized carbons (Fsp3) is 0.667. The highest BCUT2D eigenvalue weighted by atomic mass is 15.3. The Bertz CT molecular complexity index is 401. The van der Waals surface area contributed by atoms with E-state index in [4.69, 9.17) is 5.73 Å². The smallest absolute Gasteiger partial charge is 0.128 e. The zero-order chi connectivity index (χ0) is 13.8. The standard InChI is InChI=1S/C15H26N4/c1-4-18(5-2)14-7-9-19(11-14)15-10-13(12(3)16)6-8-17-15/h6,8,10,12,14H,4-5,7,9,11,16H2,1-3H3/t12-,14?/m0/s1. The van der Waals surface area contributed by atoms with Crippen LogP contribution in [-0.4, -0.2) is 42.1 Å². The molecule has 1 saturated heterocycles. The summed E-state index contributed by atoms with van der Waals surface area (Å²) in [5.74, 6) is 1.07. The van der Waals surface area contributed by atoms with Crippen molar-refractivity contribution in [3.05, 3.63) is 23.9 Å². The molecule has 19 heavy (non-hydrogen) atoms. The summed E-state index contributed by atoms with van der Waals surface area (Å²) >= 11 is 0. The SMILES string of the molecule is CCN(CC)C1CCN(c2cc([C@H](C)N)ccn2)C1. The Kier molecular flexibility index (Phi) is 4.77.